The SMILES string of the molecule is CCc1ccc(N(C(=O)CCc2nc(C(C)(C)C)no2)c2nc3ccccc3s2)cc1. The Hall–Kier alpha value is -3.06. The van der Waals surface area contributed by atoms with Crippen molar-refractivity contribution >= 4 is 38.3 Å². The molecular formula is C24H26N4O2S. The summed E-state index contributed by atoms with van der Waals surface area (Å²) in [6.45, 7) is 8.20. The first-order chi connectivity index (χ1) is 14.8. The van der Waals surface area contributed by atoms with Crippen molar-refractivity contribution in [2.24, 2.45) is 0 Å². The van der Waals surface area contributed by atoms with E-state index in [0.29, 0.717) is 23.3 Å². The van der Waals surface area contributed by atoms with Crippen molar-refractivity contribution in [3.63, 3.8) is 0 Å². The van der Waals surface area contributed by atoms with Gasteiger partial charge in [0, 0.05) is 18.3 Å². The minimum absolute atomic E-state index is 0.0567. The van der Waals surface area contributed by atoms with Crippen LogP contribution in [0.25, 0.3) is 10.2 Å². The van der Waals surface area contributed by atoms with E-state index >= 15 is 0 Å². The van der Waals surface area contributed by atoms with Crippen LogP contribution in [0, 0.1) is 0 Å². The van der Waals surface area contributed by atoms with Gasteiger partial charge in [-0.2, -0.15) is 4.98 Å². The van der Waals surface area contributed by atoms with Gasteiger partial charge in [0.25, 0.3) is 0 Å². The largest absolute Gasteiger partial charge is 0.339 e. The number of para-hydroxylation sites is 1. The Labute approximate surface area is 185 Å². The topological polar surface area (TPSA) is 72.1 Å². The molecule has 2 heterocycles. The molecule has 0 atom stereocenters. The van der Waals surface area contributed by atoms with E-state index < -0.39 is 0 Å². The van der Waals surface area contributed by atoms with E-state index in [9.17, 15) is 4.79 Å². The van der Waals surface area contributed by atoms with Gasteiger partial charge in [-0.05, 0) is 36.2 Å². The third kappa shape index (κ3) is 4.66. The second-order valence-electron chi connectivity index (χ2n) is 8.48. The lowest BCUT2D eigenvalue weighted by molar-refractivity contribution is -0.117. The van der Waals surface area contributed by atoms with Crippen LogP contribution in [0.4, 0.5) is 10.8 Å². The van der Waals surface area contributed by atoms with Gasteiger partial charge in [-0.15, -0.1) is 0 Å². The minimum atomic E-state index is -0.195. The Morgan fingerprint density at radius 1 is 1.06 bits per heavy atom. The number of nitrogens with zero attached hydrogens (tertiary/aromatic N) is 4. The molecule has 0 aliphatic heterocycles. The molecule has 2 aromatic carbocycles. The number of carbonyl (C=O) groups is 1. The molecule has 0 saturated carbocycles. The lowest BCUT2D eigenvalue weighted by atomic mass is 9.96. The summed E-state index contributed by atoms with van der Waals surface area (Å²) in [5.74, 6) is 1.07. The first-order valence-corrected chi connectivity index (χ1v) is 11.3. The highest BCUT2D eigenvalue weighted by Gasteiger charge is 2.24. The van der Waals surface area contributed by atoms with Crippen molar-refractivity contribution in [2.45, 2.75) is 52.4 Å². The molecule has 0 radical (unpaired) electrons. The zero-order valence-corrected chi connectivity index (χ0v) is 19.1. The second kappa shape index (κ2) is 8.59. The number of aryl methyl sites for hydroxylation is 2. The molecule has 0 spiro atoms. The molecule has 0 aliphatic carbocycles. The van der Waals surface area contributed by atoms with E-state index in [1.54, 1.807) is 4.90 Å². The number of fused-ring (bicyclic) bond motifs is 1. The molecular weight excluding hydrogens is 408 g/mol. The summed E-state index contributed by atoms with van der Waals surface area (Å²) in [5.41, 5.74) is 2.72. The number of rotatable bonds is 6. The number of aromatic nitrogens is 3. The zero-order chi connectivity index (χ0) is 22.0. The van der Waals surface area contributed by atoms with E-state index in [1.807, 2.05) is 57.2 Å². The van der Waals surface area contributed by atoms with E-state index in [-0.39, 0.29) is 17.7 Å². The summed E-state index contributed by atoms with van der Waals surface area (Å²) in [6.07, 6.45) is 1.58. The Kier molecular flexibility index (Phi) is 5.87. The standard InChI is InChI=1S/C24H26N4O2S/c1-5-16-10-12-17(13-11-16)28(23-25-18-8-6-7-9-19(18)31-23)21(29)15-14-20-26-22(27-30-20)24(2,3)4/h6-13H,5,14-15H2,1-4H3. The average Bonchev–Trinajstić information content (AvgIpc) is 3.40. The number of carbonyl (C=O) groups excluding carboxylic acids is 1. The summed E-state index contributed by atoms with van der Waals surface area (Å²) >= 11 is 1.51. The van der Waals surface area contributed by atoms with E-state index in [1.165, 1.54) is 16.9 Å². The molecule has 1 amide bonds. The number of anilines is 2. The maximum atomic E-state index is 13.4. The molecule has 4 aromatic rings. The van der Waals surface area contributed by atoms with Gasteiger partial charge in [0.15, 0.2) is 11.0 Å². The summed E-state index contributed by atoms with van der Waals surface area (Å²) in [4.78, 5) is 24.2. The van der Waals surface area contributed by atoms with Crippen LogP contribution in [0.5, 0.6) is 0 Å². The number of benzene rings is 2. The molecule has 0 N–H and O–H groups in total. The Morgan fingerprint density at radius 2 is 1.81 bits per heavy atom. The second-order valence-corrected chi connectivity index (χ2v) is 9.48. The van der Waals surface area contributed by atoms with Crippen molar-refractivity contribution < 1.29 is 9.32 Å². The highest BCUT2D eigenvalue weighted by atomic mass is 32.1. The van der Waals surface area contributed by atoms with E-state index in [4.69, 9.17) is 9.51 Å². The van der Waals surface area contributed by atoms with Crippen molar-refractivity contribution in [2.75, 3.05) is 4.90 Å². The van der Waals surface area contributed by atoms with Crippen LogP contribution in [-0.4, -0.2) is 21.0 Å². The summed E-state index contributed by atoms with van der Waals surface area (Å²) in [5, 5.41) is 4.72. The summed E-state index contributed by atoms with van der Waals surface area (Å²) < 4.78 is 6.41. The highest BCUT2D eigenvalue weighted by molar-refractivity contribution is 7.22. The van der Waals surface area contributed by atoms with Crippen LogP contribution in [-0.2, 0) is 23.1 Å². The fourth-order valence-corrected chi connectivity index (χ4v) is 4.19. The summed E-state index contributed by atoms with van der Waals surface area (Å²) in [6, 6.07) is 16.0. The monoisotopic (exact) mass is 434 g/mol. The van der Waals surface area contributed by atoms with Gasteiger partial charge in [-0.1, -0.05) is 68.5 Å². The van der Waals surface area contributed by atoms with Gasteiger partial charge in [0.2, 0.25) is 11.8 Å². The van der Waals surface area contributed by atoms with E-state index in [2.05, 4.69) is 29.2 Å². The molecule has 0 aliphatic rings. The maximum absolute atomic E-state index is 13.4. The first kappa shape index (κ1) is 21.2. The quantitative estimate of drug-likeness (QED) is 0.381. The third-order valence-electron chi connectivity index (χ3n) is 5.02. The van der Waals surface area contributed by atoms with Gasteiger partial charge in [-0.3, -0.25) is 9.69 Å². The first-order valence-electron chi connectivity index (χ1n) is 10.5. The van der Waals surface area contributed by atoms with Crippen LogP contribution < -0.4 is 4.90 Å². The molecule has 0 unspecified atom stereocenters. The zero-order valence-electron chi connectivity index (χ0n) is 18.3. The molecule has 31 heavy (non-hydrogen) atoms. The third-order valence-corrected chi connectivity index (χ3v) is 6.04. The molecule has 160 valence electrons. The Bertz CT molecular complexity index is 1160. The Balaban J connectivity index is 1.61. The number of hydrogen-bond acceptors (Lipinski definition) is 6. The van der Waals surface area contributed by atoms with Gasteiger partial charge >= 0.3 is 0 Å². The van der Waals surface area contributed by atoms with Crippen LogP contribution >= 0.6 is 11.3 Å². The molecule has 4 rings (SSSR count). The summed E-state index contributed by atoms with van der Waals surface area (Å²) in [7, 11) is 0. The van der Waals surface area contributed by atoms with Gasteiger partial charge < -0.3 is 4.52 Å². The number of hydrogen-bond donors (Lipinski definition) is 0. The predicted molar refractivity (Wildman–Crippen MR) is 124 cm³/mol. The molecule has 7 heteroatoms. The van der Waals surface area contributed by atoms with Crippen molar-refractivity contribution in [3.8, 4) is 0 Å². The minimum Gasteiger partial charge on any atom is -0.339 e. The molecule has 0 saturated heterocycles. The fourth-order valence-electron chi connectivity index (χ4n) is 3.18. The smallest absolute Gasteiger partial charge is 0.233 e. The normalized spacial score (nSPS) is 11.7. The molecule has 0 bridgehead atoms. The van der Waals surface area contributed by atoms with Crippen LogP contribution in [0.3, 0.4) is 0 Å². The van der Waals surface area contributed by atoms with Crippen LogP contribution in [0.15, 0.2) is 53.1 Å². The highest BCUT2D eigenvalue weighted by Crippen LogP contribution is 2.34. The van der Waals surface area contributed by atoms with Gasteiger partial charge in [0.1, 0.15) is 0 Å². The predicted octanol–water partition coefficient (Wildman–Crippen LogP) is 5.84. The van der Waals surface area contributed by atoms with Crippen molar-refractivity contribution in [1.82, 2.24) is 15.1 Å². The number of amides is 1. The van der Waals surface area contributed by atoms with Crippen LogP contribution in [0.1, 0.15) is 51.4 Å². The molecule has 2 aromatic heterocycles. The molecule has 0 fully saturated rings. The fraction of sp³-hybridized carbons (Fsp3) is 0.333. The average molecular weight is 435 g/mol. The van der Waals surface area contributed by atoms with Crippen molar-refractivity contribution in [1.29, 1.82) is 0 Å². The molecule has 6 nitrogen and oxygen atoms in total. The van der Waals surface area contributed by atoms with Crippen LogP contribution in [0.2, 0.25) is 0 Å². The van der Waals surface area contributed by atoms with Crippen molar-refractivity contribution in [3.05, 3.63) is 65.8 Å². The van der Waals surface area contributed by atoms with Gasteiger partial charge in [-0.25, -0.2) is 4.98 Å². The lowest BCUT2D eigenvalue weighted by Crippen LogP contribution is -2.26. The Morgan fingerprint density at radius 3 is 2.45 bits per heavy atom. The lowest BCUT2D eigenvalue weighted by Gasteiger charge is -2.20. The van der Waals surface area contributed by atoms with Gasteiger partial charge in [0.05, 0.1) is 15.9 Å². The number of thiazole rings is 1. The van der Waals surface area contributed by atoms with E-state index in [0.717, 1.165) is 22.3 Å². The maximum Gasteiger partial charge on any atom is 0.233 e.